The fourth-order valence-corrected chi connectivity index (χ4v) is 1.96. The molecular weight excluding hydrogens is 208 g/mol. The van der Waals surface area contributed by atoms with E-state index in [1.165, 1.54) is 5.56 Å². The first-order valence-electron chi connectivity index (χ1n) is 4.93. The molecule has 0 unspecified atom stereocenters. The van der Waals surface area contributed by atoms with Crippen LogP contribution in [0.15, 0.2) is 24.4 Å². The van der Waals surface area contributed by atoms with Crippen molar-refractivity contribution in [3.05, 3.63) is 35.0 Å². The lowest BCUT2D eigenvalue weighted by molar-refractivity contribution is 0.876. The molecule has 0 saturated heterocycles. The summed E-state index contributed by atoms with van der Waals surface area (Å²) in [6.07, 6.45) is 1.74. The Hall–Kier alpha value is -1.28. The molecule has 0 amide bonds. The van der Waals surface area contributed by atoms with E-state index in [-0.39, 0.29) is 0 Å². The summed E-state index contributed by atoms with van der Waals surface area (Å²) < 4.78 is 0. The lowest BCUT2D eigenvalue weighted by Crippen LogP contribution is -1.94. The molecule has 0 aliphatic heterocycles. The third kappa shape index (κ3) is 1.77. The monoisotopic (exact) mass is 220 g/mol. The third-order valence-corrected chi connectivity index (χ3v) is 2.85. The normalized spacial score (nSPS) is 11.2. The van der Waals surface area contributed by atoms with Gasteiger partial charge in [-0.1, -0.05) is 31.5 Å². The lowest BCUT2D eigenvalue weighted by atomic mass is 9.97. The predicted molar refractivity (Wildman–Crippen MR) is 65.3 cm³/mol. The second kappa shape index (κ2) is 3.70. The predicted octanol–water partition coefficient (Wildman–Crippen LogP) is 3.59. The van der Waals surface area contributed by atoms with Crippen molar-refractivity contribution in [1.82, 2.24) is 4.98 Å². The zero-order valence-electron chi connectivity index (χ0n) is 8.79. The Morgan fingerprint density at radius 3 is 2.67 bits per heavy atom. The van der Waals surface area contributed by atoms with Gasteiger partial charge in [-0.15, -0.1) is 0 Å². The number of benzene rings is 1. The molecular formula is C12H13ClN2. The molecule has 0 saturated carbocycles. The molecule has 0 bridgehead atoms. The fourth-order valence-electron chi connectivity index (χ4n) is 1.75. The van der Waals surface area contributed by atoms with Crippen molar-refractivity contribution in [3.8, 4) is 0 Å². The van der Waals surface area contributed by atoms with Gasteiger partial charge < -0.3 is 5.73 Å². The van der Waals surface area contributed by atoms with E-state index in [0.29, 0.717) is 11.7 Å². The number of hydrogen-bond donors (Lipinski definition) is 1. The molecule has 78 valence electrons. The average molecular weight is 221 g/mol. The zero-order valence-corrected chi connectivity index (χ0v) is 9.55. The maximum atomic E-state index is 6.11. The van der Waals surface area contributed by atoms with Gasteiger partial charge in [0.25, 0.3) is 0 Å². The Morgan fingerprint density at radius 2 is 2.00 bits per heavy atom. The summed E-state index contributed by atoms with van der Waals surface area (Å²) in [5.74, 6) is 0.984. The highest BCUT2D eigenvalue weighted by atomic mass is 35.5. The molecule has 0 radical (unpaired) electrons. The van der Waals surface area contributed by atoms with Gasteiger partial charge in [0.2, 0.25) is 0 Å². The molecule has 1 aromatic heterocycles. The van der Waals surface area contributed by atoms with Crippen LogP contribution in [0, 0.1) is 0 Å². The summed E-state index contributed by atoms with van der Waals surface area (Å²) in [4.78, 5) is 4.06. The van der Waals surface area contributed by atoms with Gasteiger partial charge in [-0.2, -0.15) is 0 Å². The van der Waals surface area contributed by atoms with Crippen LogP contribution < -0.4 is 5.73 Å². The highest BCUT2D eigenvalue weighted by Gasteiger charge is 2.08. The van der Waals surface area contributed by atoms with Gasteiger partial charge in [0.1, 0.15) is 5.82 Å². The van der Waals surface area contributed by atoms with E-state index in [2.05, 4.69) is 24.9 Å². The number of pyridine rings is 1. The van der Waals surface area contributed by atoms with Crippen molar-refractivity contribution in [2.75, 3.05) is 5.73 Å². The minimum Gasteiger partial charge on any atom is -0.384 e. The Kier molecular flexibility index (Phi) is 2.53. The van der Waals surface area contributed by atoms with Crippen LogP contribution in [0.2, 0.25) is 5.02 Å². The Morgan fingerprint density at radius 1 is 1.27 bits per heavy atom. The number of halogens is 1. The molecule has 15 heavy (non-hydrogen) atoms. The summed E-state index contributed by atoms with van der Waals surface area (Å²) in [6, 6.07) is 5.85. The van der Waals surface area contributed by atoms with E-state index in [0.717, 1.165) is 15.8 Å². The van der Waals surface area contributed by atoms with Crippen molar-refractivity contribution in [2.45, 2.75) is 19.8 Å². The van der Waals surface area contributed by atoms with Gasteiger partial charge in [0.05, 0.1) is 0 Å². The average Bonchev–Trinajstić information content (AvgIpc) is 2.17. The summed E-state index contributed by atoms with van der Waals surface area (Å²) in [6.45, 7) is 4.30. The van der Waals surface area contributed by atoms with E-state index in [9.17, 15) is 0 Å². The third-order valence-electron chi connectivity index (χ3n) is 2.52. The molecule has 2 nitrogen and oxygen atoms in total. The largest absolute Gasteiger partial charge is 0.384 e. The van der Waals surface area contributed by atoms with E-state index in [1.807, 2.05) is 12.1 Å². The smallest absolute Gasteiger partial charge is 0.123 e. The van der Waals surface area contributed by atoms with Crippen LogP contribution in [-0.4, -0.2) is 4.98 Å². The number of fused-ring (bicyclic) bond motifs is 1. The molecule has 3 heteroatoms. The Balaban J connectivity index is 2.84. The van der Waals surface area contributed by atoms with Crippen LogP contribution in [-0.2, 0) is 0 Å². The van der Waals surface area contributed by atoms with Gasteiger partial charge in [0, 0.05) is 16.6 Å². The van der Waals surface area contributed by atoms with Crippen molar-refractivity contribution in [1.29, 1.82) is 0 Å². The van der Waals surface area contributed by atoms with E-state index < -0.39 is 0 Å². The Bertz CT molecular complexity index is 506. The van der Waals surface area contributed by atoms with E-state index in [1.54, 1.807) is 6.20 Å². The van der Waals surface area contributed by atoms with Crippen LogP contribution in [0.1, 0.15) is 25.3 Å². The number of nitrogens with two attached hydrogens (primary N) is 1. The van der Waals surface area contributed by atoms with Crippen molar-refractivity contribution < 1.29 is 0 Å². The molecule has 0 atom stereocenters. The lowest BCUT2D eigenvalue weighted by Gasteiger charge is -2.11. The second-order valence-electron chi connectivity index (χ2n) is 3.95. The first kappa shape index (κ1) is 10.2. The van der Waals surface area contributed by atoms with Gasteiger partial charge in [-0.3, -0.25) is 0 Å². The topological polar surface area (TPSA) is 38.9 Å². The summed E-state index contributed by atoms with van der Waals surface area (Å²) in [5.41, 5.74) is 6.94. The minimum absolute atomic E-state index is 0.451. The van der Waals surface area contributed by atoms with Crippen molar-refractivity contribution >= 4 is 28.2 Å². The van der Waals surface area contributed by atoms with Gasteiger partial charge in [-0.05, 0) is 29.0 Å². The molecule has 1 aromatic carbocycles. The second-order valence-corrected chi connectivity index (χ2v) is 4.35. The summed E-state index contributed by atoms with van der Waals surface area (Å²) in [5, 5.41) is 2.80. The van der Waals surface area contributed by atoms with Gasteiger partial charge in [0.15, 0.2) is 0 Å². The van der Waals surface area contributed by atoms with Gasteiger partial charge in [-0.25, -0.2) is 4.98 Å². The van der Waals surface area contributed by atoms with Crippen LogP contribution in [0.5, 0.6) is 0 Å². The number of nitrogens with zero attached hydrogens (tertiary/aromatic N) is 1. The molecule has 2 aromatic rings. The SMILES string of the molecule is CC(C)c1ccc(Cl)c2cnc(N)cc12. The molecule has 1 heterocycles. The number of nitrogen functional groups attached to an aromatic ring is 1. The van der Waals surface area contributed by atoms with Gasteiger partial charge >= 0.3 is 0 Å². The molecule has 0 aliphatic carbocycles. The highest BCUT2D eigenvalue weighted by molar-refractivity contribution is 6.35. The van der Waals surface area contributed by atoms with Crippen LogP contribution in [0.4, 0.5) is 5.82 Å². The first-order chi connectivity index (χ1) is 7.09. The van der Waals surface area contributed by atoms with E-state index >= 15 is 0 Å². The molecule has 0 spiro atoms. The molecule has 0 fully saturated rings. The minimum atomic E-state index is 0.451. The molecule has 2 rings (SSSR count). The highest BCUT2D eigenvalue weighted by Crippen LogP contribution is 2.30. The van der Waals surface area contributed by atoms with Crippen LogP contribution in [0.25, 0.3) is 10.8 Å². The Labute approximate surface area is 94.1 Å². The van der Waals surface area contributed by atoms with Crippen LogP contribution >= 0.6 is 11.6 Å². The number of anilines is 1. The summed E-state index contributed by atoms with van der Waals surface area (Å²) >= 11 is 6.11. The molecule has 2 N–H and O–H groups in total. The maximum Gasteiger partial charge on any atom is 0.123 e. The number of hydrogen-bond acceptors (Lipinski definition) is 2. The fraction of sp³-hybridized carbons (Fsp3) is 0.250. The van der Waals surface area contributed by atoms with Crippen LogP contribution in [0.3, 0.4) is 0 Å². The quantitative estimate of drug-likeness (QED) is 0.798. The summed E-state index contributed by atoms with van der Waals surface area (Å²) in [7, 11) is 0. The zero-order chi connectivity index (χ0) is 11.0. The standard InChI is InChI=1S/C12H13ClN2/c1-7(2)8-3-4-11(13)10-6-15-12(14)5-9(8)10/h3-7H,1-2H3,(H2,14,15). The molecule has 0 aliphatic rings. The first-order valence-corrected chi connectivity index (χ1v) is 5.31. The van der Waals surface area contributed by atoms with Crippen molar-refractivity contribution in [2.24, 2.45) is 0 Å². The van der Waals surface area contributed by atoms with Crippen molar-refractivity contribution in [3.63, 3.8) is 0 Å². The number of aromatic nitrogens is 1. The maximum absolute atomic E-state index is 6.11. The number of rotatable bonds is 1. The van der Waals surface area contributed by atoms with E-state index in [4.69, 9.17) is 17.3 Å².